The molecular weight excluding hydrogens is 145 g/mol. The van der Waals surface area contributed by atoms with Crippen LogP contribution in [0.4, 0.5) is 13.2 Å². The van der Waals surface area contributed by atoms with Gasteiger partial charge >= 0.3 is 6.18 Å². The molecule has 0 bridgehead atoms. The van der Waals surface area contributed by atoms with Crippen molar-refractivity contribution in [2.75, 3.05) is 13.1 Å². The van der Waals surface area contributed by atoms with Crippen molar-refractivity contribution in [2.45, 2.75) is 19.1 Å². The van der Waals surface area contributed by atoms with Crippen molar-refractivity contribution in [1.82, 2.24) is 5.32 Å². The van der Waals surface area contributed by atoms with Gasteiger partial charge in [0.25, 0.3) is 0 Å². The van der Waals surface area contributed by atoms with Gasteiger partial charge in [-0.1, -0.05) is 0 Å². The predicted molar refractivity (Wildman–Crippen MR) is 32.6 cm³/mol. The lowest BCUT2D eigenvalue weighted by molar-refractivity contribution is -0.125. The summed E-state index contributed by atoms with van der Waals surface area (Å²) < 4.78 is 34.3. The third-order valence-corrected chi connectivity index (χ3v) is 1.00. The summed E-state index contributed by atoms with van der Waals surface area (Å²) in [5.74, 6) is 0. The van der Waals surface area contributed by atoms with E-state index >= 15 is 0 Å². The molecule has 2 nitrogen and oxygen atoms in total. The Morgan fingerprint density at radius 2 is 2.00 bits per heavy atom. The van der Waals surface area contributed by atoms with Crippen molar-refractivity contribution < 1.29 is 13.2 Å². The van der Waals surface area contributed by atoms with Crippen LogP contribution in [0, 0.1) is 0 Å². The van der Waals surface area contributed by atoms with Crippen molar-refractivity contribution in [3.05, 3.63) is 0 Å². The van der Waals surface area contributed by atoms with Crippen molar-refractivity contribution in [1.29, 1.82) is 0 Å². The number of rotatable bonds is 3. The van der Waals surface area contributed by atoms with Crippen molar-refractivity contribution in [3.63, 3.8) is 0 Å². The lowest BCUT2D eigenvalue weighted by Crippen LogP contribution is -2.39. The van der Waals surface area contributed by atoms with Crippen LogP contribution in [0.1, 0.15) is 6.92 Å². The van der Waals surface area contributed by atoms with Gasteiger partial charge in [0.05, 0.1) is 6.54 Å². The first kappa shape index (κ1) is 9.71. The summed E-state index contributed by atoms with van der Waals surface area (Å²) in [7, 11) is 0. The van der Waals surface area contributed by atoms with E-state index in [1.54, 1.807) is 6.92 Å². The molecule has 0 aromatic rings. The van der Waals surface area contributed by atoms with Crippen LogP contribution < -0.4 is 11.1 Å². The maximum absolute atomic E-state index is 11.4. The number of nitrogens with two attached hydrogens (primary N) is 1. The highest BCUT2D eigenvalue weighted by Crippen LogP contribution is 2.12. The number of alkyl halides is 3. The Morgan fingerprint density at radius 3 is 2.30 bits per heavy atom. The van der Waals surface area contributed by atoms with Crippen LogP contribution in [0.5, 0.6) is 0 Å². The molecular formula is C5H11F3N2. The monoisotopic (exact) mass is 156 g/mol. The fraction of sp³-hybridized carbons (Fsp3) is 1.00. The molecule has 62 valence electrons. The van der Waals surface area contributed by atoms with E-state index in [4.69, 9.17) is 5.73 Å². The molecule has 10 heavy (non-hydrogen) atoms. The minimum absolute atomic E-state index is 0.218. The molecule has 0 rings (SSSR count). The maximum atomic E-state index is 11.4. The molecule has 0 saturated carbocycles. The fourth-order valence-electron chi connectivity index (χ4n) is 0.373. The largest absolute Gasteiger partial charge is 0.401 e. The normalized spacial score (nSPS) is 15.3. The predicted octanol–water partition coefficient (Wildman–Crippen LogP) is 0.486. The van der Waals surface area contributed by atoms with Gasteiger partial charge in [0.1, 0.15) is 0 Å². The highest BCUT2D eigenvalue weighted by molar-refractivity contribution is 4.63. The van der Waals surface area contributed by atoms with Gasteiger partial charge in [-0.2, -0.15) is 13.2 Å². The summed E-state index contributed by atoms with van der Waals surface area (Å²) >= 11 is 0. The van der Waals surface area contributed by atoms with Gasteiger partial charge in [0, 0.05) is 12.6 Å². The summed E-state index contributed by atoms with van der Waals surface area (Å²) in [6.45, 7) is 0.854. The quantitative estimate of drug-likeness (QED) is 0.624. The lowest BCUT2D eigenvalue weighted by Gasteiger charge is -2.12. The molecule has 0 aromatic carbocycles. The van der Waals surface area contributed by atoms with Gasteiger partial charge < -0.3 is 11.1 Å². The zero-order valence-electron chi connectivity index (χ0n) is 5.70. The molecule has 1 atom stereocenters. The number of halogens is 3. The van der Waals surface area contributed by atoms with E-state index < -0.39 is 12.7 Å². The summed E-state index contributed by atoms with van der Waals surface area (Å²) in [5.41, 5.74) is 5.07. The minimum Gasteiger partial charge on any atom is -0.329 e. The number of nitrogens with one attached hydrogen (secondary N) is 1. The molecule has 5 heteroatoms. The van der Waals surface area contributed by atoms with Crippen LogP contribution in [-0.4, -0.2) is 25.3 Å². The van der Waals surface area contributed by atoms with E-state index in [-0.39, 0.29) is 12.6 Å². The Morgan fingerprint density at radius 1 is 1.50 bits per heavy atom. The van der Waals surface area contributed by atoms with E-state index in [0.29, 0.717) is 0 Å². The van der Waals surface area contributed by atoms with Gasteiger partial charge in [0.15, 0.2) is 0 Å². The maximum Gasteiger partial charge on any atom is 0.401 e. The van der Waals surface area contributed by atoms with Gasteiger partial charge in [-0.05, 0) is 6.92 Å². The average molecular weight is 156 g/mol. The smallest absolute Gasteiger partial charge is 0.329 e. The number of hydrogen-bond acceptors (Lipinski definition) is 2. The Balaban J connectivity index is 3.36. The summed E-state index contributed by atoms with van der Waals surface area (Å²) in [6.07, 6.45) is -4.14. The molecule has 0 aliphatic carbocycles. The van der Waals surface area contributed by atoms with Gasteiger partial charge in [-0.25, -0.2) is 0 Å². The SMILES string of the molecule is CC(CN)NCC(F)(F)F. The Kier molecular flexibility index (Phi) is 3.67. The molecule has 0 saturated heterocycles. The topological polar surface area (TPSA) is 38.0 Å². The van der Waals surface area contributed by atoms with E-state index in [1.807, 2.05) is 0 Å². The summed E-state index contributed by atoms with van der Waals surface area (Å²) in [4.78, 5) is 0. The third-order valence-electron chi connectivity index (χ3n) is 1.00. The minimum atomic E-state index is -4.14. The van der Waals surface area contributed by atoms with Crippen LogP contribution >= 0.6 is 0 Å². The average Bonchev–Trinajstić information content (AvgIpc) is 1.81. The van der Waals surface area contributed by atoms with E-state index in [1.165, 1.54) is 0 Å². The van der Waals surface area contributed by atoms with Gasteiger partial charge in [0.2, 0.25) is 0 Å². The van der Waals surface area contributed by atoms with Gasteiger partial charge in [-0.3, -0.25) is 0 Å². The summed E-state index contributed by atoms with van der Waals surface area (Å²) in [5, 5.41) is 2.22. The molecule has 0 fully saturated rings. The molecule has 3 N–H and O–H groups in total. The first-order chi connectivity index (χ1) is 4.45. The van der Waals surface area contributed by atoms with Gasteiger partial charge in [-0.15, -0.1) is 0 Å². The third kappa shape index (κ3) is 5.84. The van der Waals surface area contributed by atoms with Crippen LogP contribution in [0.2, 0.25) is 0 Å². The molecule has 0 heterocycles. The first-order valence-corrected chi connectivity index (χ1v) is 2.96. The molecule has 1 unspecified atom stereocenters. The zero-order chi connectivity index (χ0) is 8.20. The molecule has 0 aliphatic heterocycles. The van der Waals surface area contributed by atoms with E-state index in [9.17, 15) is 13.2 Å². The molecule has 0 spiro atoms. The second-order valence-electron chi connectivity index (χ2n) is 2.13. The molecule has 0 aromatic heterocycles. The lowest BCUT2D eigenvalue weighted by atomic mass is 10.3. The first-order valence-electron chi connectivity index (χ1n) is 2.96. The Hall–Kier alpha value is -0.290. The van der Waals surface area contributed by atoms with Crippen LogP contribution in [0.15, 0.2) is 0 Å². The second-order valence-corrected chi connectivity index (χ2v) is 2.13. The van der Waals surface area contributed by atoms with Crippen LogP contribution in [-0.2, 0) is 0 Å². The van der Waals surface area contributed by atoms with E-state index in [2.05, 4.69) is 5.32 Å². The fourth-order valence-corrected chi connectivity index (χ4v) is 0.373. The molecule has 0 radical (unpaired) electrons. The molecule has 0 amide bonds. The zero-order valence-corrected chi connectivity index (χ0v) is 5.70. The Bertz CT molecular complexity index is 91.4. The molecule has 0 aliphatic rings. The van der Waals surface area contributed by atoms with Crippen LogP contribution in [0.25, 0.3) is 0 Å². The standard InChI is InChI=1S/C5H11F3N2/c1-4(2-9)10-3-5(6,7)8/h4,10H,2-3,9H2,1H3. The van der Waals surface area contributed by atoms with E-state index in [0.717, 1.165) is 0 Å². The summed E-state index contributed by atoms with van der Waals surface area (Å²) in [6, 6.07) is -0.276. The highest BCUT2D eigenvalue weighted by Gasteiger charge is 2.26. The van der Waals surface area contributed by atoms with Crippen LogP contribution in [0.3, 0.4) is 0 Å². The highest BCUT2D eigenvalue weighted by atomic mass is 19.4. The second kappa shape index (κ2) is 3.78. The van der Waals surface area contributed by atoms with Crippen molar-refractivity contribution >= 4 is 0 Å². The van der Waals surface area contributed by atoms with Crippen molar-refractivity contribution in [2.24, 2.45) is 5.73 Å². The Labute approximate surface area is 57.6 Å². The van der Waals surface area contributed by atoms with Crippen molar-refractivity contribution in [3.8, 4) is 0 Å². The number of hydrogen-bond donors (Lipinski definition) is 2.